The van der Waals surface area contributed by atoms with Crippen molar-refractivity contribution in [3.63, 3.8) is 0 Å². The zero-order valence-corrected chi connectivity index (χ0v) is 42.9. The van der Waals surface area contributed by atoms with Gasteiger partial charge in [0, 0.05) is 53.6 Å². The molecule has 12 aromatic carbocycles. The molecule has 2 N–H and O–H groups in total. The van der Waals surface area contributed by atoms with E-state index in [1.54, 1.807) is 0 Å². The van der Waals surface area contributed by atoms with E-state index in [-0.39, 0.29) is 5.41 Å². The third-order valence-corrected chi connectivity index (χ3v) is 17.5. The second-order valence-corrected chi connectivity index (χ2v) is 21.9. The lowest BCUT2D eigenvalue weighted by molar-refractivity contribution is 0.666. The largest absolute Gasteiger partial charge is 0.456 e. The van der Waals surface area contributed by atoms with E-state index in [1.807, 2.05) is 29.5 Å². The molecule has 2 aliphatic carbocycles. The Morgan fingerprint density at radius 3 is 1.75 bits per heavy atom. The molecule has 0 bridgehead atoms. The third-order valence-electron chi connectivity index (χ3n) is 16.3. The number of rotatable bonds is 6. The SMILES string of the molecule is CC1(C)c2cc(Nc3cccc4sc5ccccc5c34)ccc2-c2ccc3ccccc3c21.c1ccc(C2(c3ccccc3)c3cc4ccccc4cc3-c3c(Nc4cccc5oc6ccccc6c45)cccc32)cc1. The first-order valence-electron chi connectivity index (χ1n) is 26.2. The molecule has 0 fully saturated rings. The molecule has 360 valence electrons. The van der Waals surface area contributed by atoms with Gasteiger partial charge in [-0.25, -0.2) is 0 Å². The minimum Gasteiger partial charge on any atom is -0.456 e. The average Bonchev–Trinajstić information content (AvgIpc) is 4.36. The number of thiophene rings is 1. The first-order valence-corrected chi connectivity index (χ1v) is 27.0. The Balaban J connectivity index is 0.000000138. The molecule has 2 aliphatic rings. The Labute approximate surface area is 445 Å². The first-order chi connectivity index (χ1) is 37.4. The summed E-state index contributed by atoms with van der Waals surface area (Å²) in [5.74, 6) is 0. The highest BCUT2D eigenvalue weighted by Gasteiger charge is 2.47. The highest BCUT2D eigenvalue weighted by Crippen LogP contribution is 2.59. The van der Waals surface area contributed by atoms with E-state index in [0.29, 0.717) is 0 Å². The number of furan rings is 1. The topological polar surface area (TPSA) is 37.2 Å². The van der Waals surface area contributed by atoms with Crippen LogP contribution in [0.3, 0.4) is 0 Å². The zero-order chi connectivity index (χ0) is 50.5. The molecule has 2 heterocycles. The quantitative estimate of drug-likeness (QED) is 0.174. The van der Waals surface area contributed by atoms with Crippen LogP contribution in [0.2, 0.25) is 0 Å². The molecule has 0 amide bonds. The molecule has 0 radical (unpaired) electrons. The molecule has 3 nitrogen and oxygen atoms in total. The zero-order valence-electron chi connectivity index (χ0n) is 42.1. The summed E-state index contributed by atoms with van der Waals surface area (Å²) in [4.78, 5) is 0. The third kappa shape index (κ3) is 6.67. The van der Waals surface area contributed by atoms with Gasteiger partial charge in [-0.15, -0.1) is 11.3 Å². The standard InChI is InChI=1S/C41H27NO.C31H23NS/c1-3-15-29(16-4-1)41(30-17-5-2-6-18-30)33-20-11-21-35(39(33)32-25-27-13-7-8-14-28(27)26-34(32)41)42-36-22-12-24-38-40(36)31-19-9-10-23-37(31)43-38;1-31(2)25-18-20(15-17-22(25)23-16-14-19-8-3-4-9-21(19)30(23)31)32-26-11-7-13-28-29(26)24-10-5-6-12-27(24)33-28/h1-26,42H;3-18,32H,1-2H3. The van der Waals surface area contributed by atoms with Gasteiger partial charge in [0.15, 0.2) is 0 Å². The van der Waals surface area contributed by atoms with Crippen molar-refractivity contribution in [2.24, 2.45) is 0 Å². The van der Waals surface area contributed by atoms with Gasteiger partial charge in [0.25, 0.3) is 0 Å². The van der Waals surface area contributed by atoms with Gasteiger partial charge < -0.3 is 15.1 Å². The van der Waals surface area contributed by atoms with E-state index in [4.69, 9.17) is 4.42 Å². The van der Waals surface area contributed by atoms with Crippen molar-refractivity contribution < 1.29 is 4.42 Å². The van der Waals surface area contributed by atoms with E-state index in [9.17, 15) is 0 Å². The number of hydrogen-bond donors (Lipinski definition) is 2. The smallest absolute Gasteiger partial charge is 0.137 e. The average molecular weight is 991 g/mol. The highest BCUT2D eigenvalue weighted by molar-refractivity contribution is 7.26. The van der Waals surface area contributed by atoms with Crippen LogP contribution in [-0.4, -0.2) is 0 Å². The molecule has 0 saturated carbocycles. The maximum absolute atomic E-state index is 6.24. The summed E-state index contributed by atoms with van der Waals surface area (Å²) in [5.41, 5.74) is 18.8. The normalized spacial score (nSPS) is 13.6. The molecular weight excluding hydrogens is 941 g/mol. The van der Waals surface area contributed by atoms with Crippen molar-refractivity contribution in [3.8, 4) is 22.3 Å². The molecule has 76 heavy (non-hydrogen) atoms. The van der Waals surface area contributed by atoms with Gasteiger partial charge >= 0.3 is 0 Å². The second-order valence-electron chi connectivity index (χ2n) is 20.9. The number of benzene rings is 12. The van der Waals surface area contributed by atoms with Crippen LogP contribution in [-0.2, 0) is 10.8 Å². The summed E-state index contributed by atoms with van der Waals surface area (Å²) in [6, 6.07) is 92.2. The van der Waals surface area contributed by atoms with Crippen molar-refractivity contribution in [2.75, 3.05) is 10.6 Å². The Bertz CT molecular complexity index is 4580. The molecule has 0 unspecified atom stereocenters. The Morgan fingerprint density at radius 2 is 0.961 bits per heavy atom. The molecule has 0 spiro atoms. The van der Waals surface area contributed by atoms with Crippen LogP contribution in [0.15, 0.2) is 259 Å². The summed E-state index contributed by atoms with van der Waals surface area (Å²) in [5, 5.41) is 17.7. The molecule has 0 atom stereocenters. The first kappa shape index (κ1) is 44.3. The van der Waals surface area contributed by atoms with Gasteiger partial charge in [0.2, 0.25) is 0 Å². The lowest BCUT2D eigenvalue weighted by Gasteiger charge is -2.34. The van der Waals surface area contributed by atoms with Crippen LogP contribution in [0.1, 0.15) is 47.2 Å². The van der Waals surface area contributed by atoms with Gasteiger partial charge in [-0.3, -0.25) is 0 Å². The summed E-state index contributed by atoms with van der Waals surface area (Å²) >= 11 is 1.86. The Hall–Kier alpha value is -9.22. The van der Waals surface area contributed by atoms with Gasteiger partial charge in [-0.1, -0.05) is 202 Å². The Morgan fingerprint density at radius 1 is 0.368 bits per heavy atom. The van der Waals surface area contributed by atoms with Gasteiger partial charge in [0.05, 0.1) is 16.5 Å². The van der Waals surface area contributed by atoms with Crippen LogP contribution >= 0.6 is 11.3 Å². The predicted octanol–water partition coefficient (Wildman–Crippen LogP) is 20.1. The highest BCUT2D eigenvalue weighted by atomic mass is 32.1. The van der Waals surface area contributed by atoms with E-state index in [1.165, 1.54) is 103 Å². The van der Waals surface area contributed by atoms with E-state index >= 15 is 0 Å². The maximum atomic E-state index is 6.24. The minimum absolute atomic E-state index is 0.0513. The maximum Gasteiger partial charge on any atom is 0.137 e. The number of para-hydroxylation sites is 1. The van der Waals surface area contributed by atoms with E-state index in [0.717, 1.165) is 39.0 Å². The van der Waals surface area contributed by atoms with Gasteiger partial charge in [-0.05, 0) is 138 Å². The van der Waals surface area contributed by atoms with Crippen molar-refractivity contribution >= 4 is 97.7 Å². The van der Waals surface area contributed by atoms with Gasteiger partial charge in [-0.2, -0.15) is 0 Å². The Kier molecular flexibility index (Phi) is 10.0. The van der Waals surface area contributed by atoms with Crippen molar-refractivity contribution in [1.29, 1.82) is 0 Å². The van der Waals surface area contributed by atoms with E-state index < -0.39 is 5.41 Å². The number of hydrogen-bond acceptors (Lipinski definition) is 4. The van der Waals surface area contributed by atoms with Crippen molar-refractivity contribution in [2.45, 2.75) is 24.7 Å². The molecular formula is C72H50N2OS. The number of anilines is 4. The molecule has 16 rings (SSSR count). The monoisotopic (exact) mass is 990 g/mol. The summed E-state index contributed by atoms with van der Waals surface area (Å²) in [6.07, 6.45) is 0. The van der Waals surface area contributed by atoms with Crippen LogP contribution < -0.4 is 10.6 Å². The lowest BCUT2D eigenvalue weighted by Crippen LogP contribution is -2.28. The van der Waals surface area contributed by atoms with Crippen LogP contribution in [0.4, 0.5) is 22.7 Å². The van der Waals surface area contributed by atoms with Crippen LogP contribution in [0, 0.1) is 0 Å². The molecule has 2 aromatic heterocycles. The van der Waals surface area contributed by atoms with Crippen molar-refractivity contribution in [3.05, 3.63) is 288 Å². The van der Waals surface area contributed by atoms with Crippen molar-refractivity contribution in [1.82, 2.24) is 0 Å². The van der Waals surface area contributed by atoms with E-state index in [2.05, 4.69) is 261 Å². The summed E-state index contributed by atoms with van der Waals surface area (Å²) in [6.45, 7) is 4.72. The number of nitrogens with one attached hydrogen (secondary N) is 2. The second kappa shape index (κ2) is 17.2. The molecule has 0 aliphatic heterocycles. The fraction of sp³-hybridized carbons (Fsp3) is 0.0556. The summed E-state index contributed by atoms with van der Waals surface area (Å²) < 4.78 is 8.89. The molecule has 14 aromatic rings. The molecule has 0 saturated heterocycles. The summed E-state index contributed by atoms with van der Waals surface area (Å²) in [7, 11) is 0. The van der Waals surface area contributed by atoms with Crippen LogP contribution in [0.5, 0.6) is 0 Å². The number of fused-ring (bicyclic) bond motifs is 15. The fourth-order valence-electron chi connectivity index (χ4n) is 13.1. The lowest BCUT2D eigenvalue weighted by atomic mass is 9.67. The predicted molar refractivity (Wildman–Crippen MR) is 322 cm³/mol. The minimum atomic E-state index is -0.469. The molecule has 4 heteroatoms. The van der Waals surface area contributed by atoms with Crippen LogP contribution in [0.25, 0.3) is 85.9 Å². The van der Waals surface area contributed by atoms with Gasteiger partial charge in [0.1, 0.15) is 11.2 Å². The fourth-order valence-corrected chi connectivity index (χ4v) is 14.2.